The van der Waals surface area contributed by atoms with Crippen molar-refractivity contribution in [1.82, 2.24) is 24.0 Å². The van der Waals surface area contributed by atoms with Gasteiger partial charge in [0.15, 0.2) is 16.9 Å². The van der Waals surface area contributed by atoms with Gasteiger partial charge in [-0.1, -0.05) is 18.1 Å². The van der Waals surface area contributed by atoms with E-state index in [0.717, 1.165) is 43.3 Å². The van der Waals surface area contributed by atoms with E-state index >= 15 is 0 Å². The highest BCUT2D eigenvalue weighted by molar-refractivity contribution is 6.05. The number of amides is 1. The quantitative estimate of drug-likeness (QED) is 0.285. The van der Waals surface area contributed by atoms with Gasteiger partial charge in [0.05, 0.1) is 24.8 Å². The lowest BCUT2D eigenvalue weighted by Crippen LogP contribution is -2.44. The number of anilines is 2. The second-order valence-electron chi connectivity index (χ2n) is 10.3. The van der Waals surface area contributed by atoms with Gasteiger partial charge in [-0.3, -0.25) is 28.1 Å². The van der Waals surface area contributed by atoms with Crippen LogP contribution in [-0.2, 0) is 24.9 Å². The van der Waals surface area contributed by atoms with Gasteiger partial charge in [0.1, 0.15) is 0 Å². The van der Waals surface area contributed by atoms with Crippen LogP contribution >= 0.6 is 0 Å². The summed E-state index contributed by atoms with van der Waals surface area (Å²) in [5.41, 5.74) is 5.90. The maximum atomic E-state index is 13.8. The fraction of sp³-hybridized carbons (Fsp3) is 0.464. The normalized spacial score (nSPS) is 18.9. The first-order valence-electron chi connectivity index (χ1n) is 13.6. The van der Waals surface area contributed by atoms with E-state index in [1.165, 1.54) is 11.6 Å². The summed E-state index contributed by atoms with van der Waals surface area (Å²) in [6, 6.07) is 6.26. The van der Waals surface area contributed by atoms with Crippen LogP contribution in [-0.4, -0.2) is 62.1 Å². The predicted octanol–water partition coefficient (Wildman–Crippen LogP) is 0.421. The highest BCUT2D eigenvalue weighted by atomic mass is 16.2. The molecule has 12 nitrogen and oxygen atoms in total. The molecule has 2 aliphatic rings. The standard InChI is InChI=1S/C28H34N8O4/c1-3-4-15-35-23-24(32-27(35)34-14-8-9-18(29)16-34)33(2)28(40)36(26(23)39)17-22(37)19-10-5-6-11-20(19)31-25(38)21-12-7-13-30-21/h5-6,10-11,18,21,30H,7-9,12-17,29H2,1-2H3,(H,31,38). The molecule has 0 radical (unpaired) electrons. The Balaban J connectivity index is 1.54. The average Bonchev–Trinajstić information content (AvgIpc) is 3.62. The number of hydrogen-bond acceptors (Lipinski definition) is 8. The number of hydrogen-bond donors (Lipinski definition) is 3. The number of fused-ring (bicyclic) bond motifs is 1. The van der Waals surface area contributed by atoms with Gasteiger partial charge >= 0.3 is 5.69 Å². The van der Waals surface area contributed by atoms with Crippen molar-refractivity contribution in [2.24, 2.45) is 12.8 Å². The Hall–Kier alpha value is -4.21. The van der Waals surface area contributed by atoms with Crippen molar-refractivity contribution >= 4 is 34.5 Å². The molecule has 12 heteroatoms. The van der Waals surface area contributed by atoms with Crippen molar-refractivity contribution in [3.05, 3.63) is 50.7 Å². The number of para-hydroxylation sites is 1. The number of piperidine rings is 1. The maximum Gasteiger partial charge on any atom is 0.332 e. The Morgan fingerprint density at radius 2 is 1.98 bits per heavy atom. The van der Waals surface area contributed by atoms with Crippen LogP contribution in [0.2, 0.25) is 0 Å². The summed E-state index contributed by atoms with van der Waals surface area (Å²) in [6.07, 6.45) is 3.40. The Bertz CT molecular complexity index is 1630. The average molecular weight is 547 g/mol. The Morgan fingerprint density at radius 3 is 2.70 bits per heavy atom. The summed E-state index contributed by atoms with van der Waals surface area (Å²) < 4.78 is 3.91. The van der Waals surface area contributed by atoms with Crippen LogP contribution in [0, 0.1) is 11.8 Å². The second-order valence-corrected chi connectivity index (χ2v) is 10.3. The van der Waals surface area contributed by atoms with Crippen LogP contribution in [0.4, 0.5) is 11.6 Å². The lowest BCUT2D eigenvalue weighted by Gasteiger charge is -2.31. The molecule has 1 amide bonds. The van der Waals surface area contributed by atoms with Crippen LogP contribution < -0.4 is 32.5 Å². The van der Waals surface area contributed by atoms with Gasteiger partial charge in [-0.15, -0.1) is 5.92 Å². The fourth-order valence-corrected chi connectivity index (χ4v) is 5.43. The third kappa shape index (κ3) is 5.17. The van der Waals surface area contributed by atoms with Gasteiger partial charge in [-0.2, -0.15) is 4.98 Å². The minimum atomic E-state index is -0.657. The molecule has 0 saturated carbocycles. The number of aryl methyl sites for hydroxylation is 1. The van der Waals surface area contributed by atoms with Crippen LogP contribution in [0.1, 0.15) is 43.0 Å². The Labute approximate surface area is 231 Å². The van der Waals surface area contributed by atoms with Crippen molar-refractivity contribution in [2.75, 3.05) is 29.9 Å². The number of ketones is 1. The number of carbonyl (C=O) groups is 2. The second kappa shape index (κ2) is 11.5. The molecule has 210 valence electrons. The minimum Gasteiger partial charge on any atom is -0.341 e. The van der Waals surface area contributed by atoms with E-state index in [0.29, 0.717) is 18.2 Å². The molecule has 0 bridgehead atoms. The zero-order chi connectivity index (χ0) is 28.4. The summed E-state index contributed by atoms with van der Waals surface area (Å²) >= 11 is 0. The third-order valence-electron chi connectivity index (χ3n) is 7.53. The number of aromatic nitrogens is 4. The highest BCUT2D eigenvalue weighted by Crippen LogP contribution is 2.23. The first-order valence-corrected chi connectivity index (χ1v) is 13.6. The van der Waals surface area contributed by atoms with E-state index in [2.05, 4.69) is 27.5 Å². The maximum absolute atomic E-state index is 13.8. The molecule has 5 rings (SSSR count). The number of nitrogens with two attached hydrogens (primary N) is 1. The molecule has 3 aromatic rings. The van der Waals surface area contributed by atoms with Gasteiger partial charge < -0.3 is 21.3 Å². The third-order valence-corrected chi connectivity index (χ3v) is 7.53. The van der Waals surface area contributed by atoms with E-state index in [-0.39, 0.29) is 41.3 Å². The first-order chi connectivity index (χ1) is 19.3. The number of imidazole rings is 1. The summed E-state index contributed by atoms with van der Waals surface area (Å²) in [4.78, 5) is 60.1. The van der Waals surface area contributed by atoms with E-state index < -0.39 is 23.6 Å². The monoisotopic (exact) mass is 546 g/mol. The smallest absolute Gasteiger partial charge is 0.332 e. The summed E-state index contributed by atoms with van der Waals surface area (Å²) in [7, 11) is 1.53. The predicted molar refractivity (Wildman–Crippen MR) is 153 cm³/mol. The Morgan fingerprint density at radius 1 is 1.18 bits per heavy atom. The van der Waals surface area contributed by atoms with E-state index in [9.17, 15) is 19.2 Å². The minimum absolute atomic E-state index is 0.0256. The number of Topliss-reactive ketones (excluding diaryl/α,β-unsaturated/α-hetero) is 1. The summed E-state index contributed by atoms with van der Waals surface area (Å²) in [5.74, 6) is 5.68. The summed E-state index contributed by atoms with van der Waals surface area (Å²) in [6.45, 7) is 3.46. The molecule has 4 heterocycles. The topological polar surface area (TPSA) is 149 Å². The lowest BCUT2D eigenvalue weighted by molar-refractivity contribution is -0.117. The number of rotatable bonds is 7. The van der Waals surface area contributed by atoms with Gasteiger partial charge in [0.2, 0.25) is 11.9 Å². The molecule has 2 atom stereocenters. The molecule has 2 fully saturated rings. The molecule has 2 aromatic heterocycles. The molecule has 2 saturated heterocycles. The molecule has 0 spiro atoms. The van der Waals surface area contributed by atoms with Gasteiger partial charge in [-0.05, 0) is 51.3 Å². The molecule has 4 N–H and O–H groups in total. The molecule has 0 aliphatic carbocycles. The molecule has 1 aromatic carbocycles. The number of nitrogens with one attached hydrogen (secondary N) is 2. The van der Waals surface area contributed by atoms with Crippen molar-refractivity contribution in [3.63, 3.8) is 0 Å². The van der Waals surface area contributed by atoms with Crippen LogP contribution in [0.15, 0.2) is 33.9 Å². The van der Waals surface area contributed by atoms with Gasteiger partial charge in [-0.25, -0.2) is 4.79 Å². The van der Waals surface area contributed by atoms with Gasteiger partial charge in [0.25, 0.3) is 5.56 Å². The Kier molecular flexibility index (Phi) is 7.86. The fourth-order valence-electron chi connectivity index (χ4n) is 5.43. The highest BCUT2D eigenvalue weighted by Gasteiger charge is 2.27. The van der Waals surface area contributed by atoms with Crippen molar-refractivity contribution in [3.8, 4) is 11.8 Å². The molecule has 40 heavy (non-hydrogen) atoms. The van der Waals surface area contributed by atoms with E-state index in [4.69, 9.17) is 5.73 Å². The molecular formula is C28H34N8O4. The largest absolute Gasteiger partial charge is 0.341 e. The summed E-state index contributed by atoms with van der Waals surface area (Å²) in [5, 5.41) is 5.96. The van der Waals surface area contributed by atoms with Gasteiger partial charge in [0, 0.05) is 31.7 Å². The SMILES string of the molecule is CC#CCn1c(N2CCCC(N)C2)nc2c1c(=O)n(CC(=O)c1ccccc1NC(=O)C1CCCN1)c(=O)n2C. The zero-order valence-electron chi connectivity index (χ0n) is 22.8. The van der Waals surface area contributed by atoms with E-state index in [1.54, 1.807) is 35.8 Å². The van der Waals surface area contributed by atoms with Crippen LogP contribution in [0.3, 0.4) is 0 Å². The van der Waals surface area contributed by atoms with Crippen LogP contribution in [0.5, 0.6) is 0 Å². The number of nitrogens with zero attached hydrogens (tertiary/aromatic N) is 5. The number of benzene rings is 1. The number of carbonyl (C=O) groups excluding carboxylic acids is 2. The first kappa shape index (κ1) is 27.4. The zero-order valence-corrected chi connectivity index (χ0v) is 22.8. The van der Waals surface area contributed by atoms with Crippen LogP contribution in [0.25, 0.3) is 11.2 Å². The van der Waals surface area contributed by atoms with Crippen molar-refractivity contribution < 1.29 is 9.59 Å². The molecule has 2 unspecified atom stereocenters. The van der Waals surface area contributed by atoms with E-state index in [1.807, 2.05) is 4.90 Å². The van der Waals surface area contributed by atoms with Crippen molar-refractivity contribution in [1.29, 1.82) is 0 Å². The van der Waals surface area contributed by atoms with Crippen molar-refractivity contribution in [2.45, 2.75) is 57.8 Å². The molecular weight excluding hydrogens is 512 g/mol. The lowest BCUT2D eigenvalue weighted by atomic mass is 10.1. The molecule has 2 aliphatic heterocycles.